The topological polar surface area (TPSA) is 9.23 Å². The zero-order valence-corrected chi connectivity index (χ0v) is 8.74. The highest BCUT2D eigenvalue weighted by Gasteiger charge is 2.19. The maximum Gasteiger partial charge on any atom is 0.186 e. The lowest BCUT2D eigenvalue weighted by Crippen LogP contribution is -2.30. The molecule has 2 heteroatoms. The van der Waals surface area contributed by atoms with Crippen molar-refractivity contribution in [2.24, 2.45) is 0 Å². The minimum absolute atomic E-state index is 0.958. The summed E-state index contributed by atoms with van der Waals surface area (Å²) in [4.78, 5) is 0. The molecule has 0 aromatic carbocycles. The molecule has 0 N–H and O–H groups in total. The Labute approximate surface area is 65.9 Å². The van der Waals surface area contributed by atoms with Gasteiger partial charge < -0.3 is 4.43 Å². The smallest absolute Gasteiger partial charge is 0.186 e. The third kappa shape index (κ3) is 5.00. The Kier molecular flexibility index (Phi) is 5.00. The van der Waals surface area contributed by atoms with Crippen molar-refractivity contribution >= 4 is 8.32 Å². The van der Waals surface area contributed by atoms with Crippen LogP contribution in [0.5, 0.6) is 0 Å². The number of hydrogen-bond donors (Lipinski definition) is 0. The molecule has 0 aliphatic rings. The van der Waals surface area contributed by atoms with Crippen LogP contribution in [-0.2, 0) is 4.43 Å². The molecular formula is C8H20OSi. The second-order valence-electron chi connectivity index (χ2n) is 3.36. The highest BCUT2D eigenvalue weighted by Crippen LogP contribution is 2.12. The normalized spacial score (nSPS) is 12.0. The van der Waals surface area contributed by atoms with Crippen LogP contribution >= 0.6 is 0 Å². The summed E-state index contributed by atoms with van der Waals surface area (Å²) in [6, 6.07) is 1.30. The molecule has 0 radical (unpaired) electrons. The minimum atomic E-state index is -1.22. The van der Waals surface area contributed by atoms with Crippen LogP contribution in [0.15, 0.2) is 0 Å². The molecule has 0 atom stereocenters. The fraction of sp³-hybridized carbons (Fsp3) is 1.00. The second kappa shape index (κ2) is 4.91. The molecular weight excluding hydrogens is 140 g/mol. The fourth-order valence-electron chi connectivity index (χ4n) is 1.05. The molecule has 10 heavy (non-hydrogen) atoms. The molecule has 1 nitrogen and oxygen atoms in total. The van der Waals surface area contributed by atoms with Crippen molar-refractivity contribution in [2.45, 2.75) is 45.8 Å². The first-order valence-corrected chi connectivity index (χ1v) is 7.38. The van der Waals surface area contributed by atoms with E-state index >= 15 is 0 Å². The van der Waals surface area contributed by atoms with Crippen molar-refractivity contribution in [3.05, 3.63) is 0 Å². The lowest BCUT2D eigenvalue weighted by atomic mass is 10.5. The first kappa shape index (κ1) is 10.2. The van der Waals surface area contributed by atoms with Crippen molar-refractivity contribution in [3.8, 4) is 0 Å². The van der Waals surface area contributed by atoms with Crippen molar-refractivity contribution in [2.75, 3.05) is 6.61 Å². The third-order valence-electron chi connectivity index (χ3n) is 1.55. The Morgan fingerprint density at radius 3 is 2.10 bits per heavy atom. The summed E-state index contributed by atoms with van der Waals surface area (Å²) in [5.74, 6) is 0. The predicted molar refractivity (Wildman–Crippen MR) is 48.8 cm³/mol. The van der Waals surface area contributed by atoms with Crippen LogP contribution in [0.2, 0.25) is 19.1 Å². The van der Waals surface area contributed by atoms with Gasteiger partial charge in [0.2, 0.25) is 0 Å². The molecule has 0 spiro atoms. The van der Waals surface area contributed by atoms with Gasteiger partial charge in [0.05, 0.1) is 0 Å². The average molecular weight is 160 g/mol. The first-order chi connectivity index (χ1) is 4.62. The fourth-order valence-corrected chi connectivity index (χ4v) is 3.16. The van der Waals surface area contributed by atoms with Gasteiger partial charge in [0.15, 0.2) is 8.32 Å². The molecule has 0 aromatic heterocycles. The molecule has 0 saturated carbocycles. The zero-order chi connectivity index (χ0) is 8.04. The van der Waals surface area contributed by atoms with E-state index in [-0.39, 0.29) is 0 Å². The summed E-state index contributed by atoms with van der Waals surface area (Å²) >= 11 is 0. The van der Waals surface area contributed by atoms with E-state index < -0.39 is 8.32 Å². The summed E-state index contributed by atoms with van der Waals surface area (Å²) < 4.78 is 5.76. The Morgan fingerprint density at radius 1 is 1.10 bits per heavy atom. The maximum atomic E-state index is 5.76. The third-order valence-corrected chi connectivity index (χ3v) is 4.24. The largest absolute Gasteiger partial charge is 0.417 e. The van der Waals surface area contributed by atoms with E-state index in [1.807, 2.05) is 0 Å². The van der Waals surface area contributed by atoms with Gasteiger partial charge in [0, 0.05) is 6.61 Å². The molecule has 0 fully saturated rings. The van der Waals surface area contributed by atoms with Crippen molar-refractivity contribution in [1.29, 1.82) is 0 Å². The molecule has 62 valence electrons. The Bertz CT molecular complexity index is 81.3. The quantitative estimate of drug-likeness (QED) is 0.562. The molecule has 0 bridgehead atoms. The van der Waals surface area contributed by atoms with E-state index in [2.05, 4.69) is 26.9 Å². The average Bonchev–Trinajstić information content (AvgIpc) is 1.84. The van der Waals surface area contributed by atoms with Crippen LogP contribution in [0.25, 0.3) is 0 Å². The van der Waals surface area contributed by atoms with Gasteiger partial charge in [-0.15, -0.1) is 0 Å². The lowest BCUT2D eigenvalue weighted by Gasteiger charge is -2.21. The first-order valence-electron chi connectivity index (χ1n) is 4.26. The van der Waals surface area contributed by atoms with Gasteiger partial charge >= 0.3 is 0 Å². The van der Waals surface area contributed by atoms with Crippen LogP contribution in [0, 0.1) is 0 Å². The maximum absolute atomic E-state index is 5.76. The molecule has 0 aromatic rings. The highest BCUT2D eigenvalue weighted by atomic mass is 28.4. The highest BCUT2D eigenvalue weighted by molar-refractivity contribution is 6.71. The van der Waals surface area contributed by atoms with Crippen molar-refractivity contribution in [1.82, 2.24) is 0 Å². The van der Waals surface area contributed by atoms with Gasteiger partial charge in [-0.1, -0.05) is 20.3 Å². The summed E-state index contributed by atoms with van der Waals surface area (Å²) in [6.45, 7) is 9.94. The molecule has 0 amide bonds. The summed E-state index contributed by atoms with van der Waals surface area (Å²) in [6.07, 6.45) is 2.42. The predicted octanol–water partition coefficient (Wildman–Crippen LogP) is 3.03. The van der Waals surface area contributed by atoms with Gasteiger partial charge in [-0.2, -0.15) is 0 Å². The Balaban J connectivity index is 3.42. The van der Waals surface area contributed by atoms with E-state index in [1.165, 1.54) is 12.5 Å². The summed E-state index contributed by atoms with van der Waals surface area (Å²) in [5.41, 5.74) is 0. The minimum Gasteiger partial charge on any atom is -0.417 e. The molecule has 0 saturated heterocycles. The van der Waals surface area contributed by atoms with E-state index in [1.54, 1.807) is 0 Å². The monoisotopic (exact) mass is 160 g/mol. The Morgan fingerprint density at radius 2 is 1.70 bits per heavy atom. The van der Waals surface area contributed by atoms with Crippen LogP contribution in [-0.4, -0.2) is 14.9 Å². The van der Waals surface area contributed by atoms with E-state index in [4.69, 9.17) is 4.43 Å². The summed E-state index contributed by atoms with van der Waals surface area (Å²) in [5, 5.41) is 0. The van der Waals surface area contributed by atoms with Crippen molar-refractivity contribution < 1.29 is 4.43 Å². The van der Waals surface area contributed by atoms with E-state index in [0.717, 1.165) is 13.0 Å². The summed E-state index contributed by atoms with van der Waals surface area (Å²) in [7, 11) is -1.22. The number of hydrogen-bond acceptors (Lipinski definition) is 1. The van der Waals surface area contributed by atoms with Crippen LogP contribution in [0.3, 0.4) is 0 Å². The Hall–Kier alpha value is 0.177. The van der Waals surface area contributed by atoms with Crippen LogP contribution in [0.1, 0.15) is 26.7 Å². The van der Waals surface area contributed by atoms with Gasteiger partial charge in [0.25, 0.3) is 0 Å². The van der Waals surface area contributed by atoms with Gasteiger partial charge in [-0.3, -0.25) is 0 Å². The second-order valence-corrected chi connectivity index (χ2v) is 7.67. The van der Waals surface area contributed by atoms with Gasteiger partial charge in [-0.25, -0.2) is 0 Å². The van der Waals surface area contributed by atoms with Gasteiger partial charge in [0.1, 0.15) is 0 Å². The van der Waals surface area contributed by atoms with E-state index in [9.17, 15) is 0 Å². The molecule has 0 unspecified atom stereocenters. The number of rotatable bonds is 5. The van der Waals surface area contributed by atoms with E-state index in [0.29, 0.717) is 0 Å². The zero-order valence-electron chi connectivity index (χ0n) is 7.74. The lowest BCUT2D eigenvalue weighted by molar-refractivity contribution is 0.306. The standard InChI is InChI=1S/C8H20OSi/c1-5-7-9-10(3,4)8-6-2/h5-8H2,1-4H3. The van der Waals surface area contributed by atoms with Crippen LogP contribution in [0.4, 0.5) is 0 Å². The molecule has 0 heterocycles. The SMILES string of the molecule is CCCO[Si](C)(C)CCC. The van der Waals surface area contributed by atoms with Crippen molar-refractivity contribution in [3.63, 3.8) is 0 Å². The molecule has 0 aliphatic heterocycles. The molecule has 0 aliphatic carbocycles. The molecule has 0 rings (SSSR count). The van der Waals surface area contributed by atoms with Gasteiger partial charge in [-0.05, 0) is 25.6 Å². The van der Waals surface area contributed by atoms with Crippen LogP contribution < -0.4 is 0 Å².